The Balaban J connectivity index is 0.000000191. The molecule has 0 spiro atoms. The van der Waals surface area contributed by atoms with E-state index in [0.717, 1.165) is 5.56 Å². The van der Waals surface area contributed by atoms with Crippen LogP contribution in [0.5, 0.6) is 0 Å². The predicted molar refractivity (Wildman–Crippen MR) is 170 cm³/mol. The van der Waals surface area contributed by atoms with E-state index in [1.807, 2.05) is 36.4 Å². The molecule has 5 aromatic rings. The molecule has 1 atom stereocenters. The number of amides is 1. The van der Waals surface area contributed by atoms with Crippen LogP contribution in [0.25, 0.3) is 0 Å². The molecule has 1 unspecified atom stereocenters. The first-order valence-corrected chi connectivity index (χ1v) is 18.8. The van der Waals surface area contributed by atoms with Crippen LogP contribution in [-0.4, -0.2) is 44.3 Å². The molecule has 0 aliphatic heterocycles. The molecule has 0 aliphatic rings. The van der Waals surface area contributed by atoms with E-state index in [1.54, 1.807) is 41.9 Å². The van der Waals surface area contributed by atoms with Gasteiger partial charge in [0.15, 0.2) is 0 Å². The van der Waals surface area contributed by atoms with Crippen molar-refractivity contribution in [3.05, 3.63) is 163 Å². The maximum absolute atomic E-state index is 12.2. The first-order chi connectivity index (χ1) is 20.2. The fourth-order valence-electron chi connectivity index (χ4n) is 4.63. The first-order valence-electron chi connectivity index (χ1n) is 13.9. The summed E-state index contributed by atoms with van der Waals surface area (Å²) in [4.78, 5) is 24.3. The third-order valence-electron chi connectivity index (χ3n) is 6.59. The molecular weight excluding hydrogens is 613 g/mol. The SMILES string of the molecule is CCOC(=O)C(Cc1ccccc1)NC(=O)c1ccccc1.c1cc[c]([SnH]([c]2ccccc2)[c]2ccccc2)cc1. The van der Waals surface area contributed by atoms with Gasteiger partial charge < -0.3 is 10.1 Å². The molecule has 0 aliphatic carbocycles. The number of carbonyl (C=O) groups is 2. The number of esters is 1. The molecule has 1 N–H and O–H groups in total. The summed E-state index contributed by atoms with van der Waals surface area (Å²) in [6.45, 7) is 2.03. The molecule has 0 aromatic heterocycles. The topological polar surface area (TPSA) is 55.4 Å². The van der Waals surface area contributed by atoms with Crippen LogP contribution >= 0.6 is 0 Å². The summed E-state index contributed by atoms with van der Waals surface area (Å²) in [5, 5.41) is 2.75. The molecule has 0 heterocycles. The van der Waals surface area contributed by atoms with Crippen molar-refractivity contribution in [2.45, 2.75) is 19.4 Å². The fraction of sp³-hybridized carbons (Fsp3) is 0.111. The Kier molecular flexibility index (Phi) is 11.8. The van der Waals surface area contributed by atoms with Crippen LogP contribution in [-0.2, 0) is 16.0 Å². The van der Waals surface area contributed by atoms with Crippen LogP contribution in [0.15, 0.2) is 152 Å². The van der Waals surface area contributed by atoms with Crippen LogP contribution in [0.4, 0.5) is 0 Å². The number of carbonyl (C=O) groups excluding carboxylic acids is 2. The summed E-state index contributed by atoms with van der Waals surface area (Å²) in [5.74, 6) is -0.704. The van der Waals surface area contributed by atoms with E-state index in [1.165, 1.54) is 0 Å². The second-order valence-corrected chi connectivity index (χ2v) is 17.7. The molecule has 1 amide bonds. The van der Waals surface area contributed by atoms with Crippen molar-refractivity contribution in [1.29, 1.82) is 0 Å². The Bertz CT molecular complexity index is 1370. The van der Waals surface area contributed by atoms with Crippen LogP contribution in [0.3, 0.4) is 0 Å². The number of benzene rings is 5. The Hall–Kier alpha value is -4.16. The quantitative estimate of drug-likeness (QED) is 0.189. The molecule has 5 heteroatoms. The van der Waals surface area contributed by atoms with E-state index in [0.29, 0.717) is 12.0 Å². The van der Waals surface area contributed by atoms with Crippen LogP contribution in [0.2, 0.25) is 0 Å². The summed E-state index contributed by atoms with van der Waals surface area (Å²) in [7, 11) is 0. The molecule has 0 radical (unpaired) electrons. The normalized spacial score (nSPS) is 11.1. The third-order valence-corrected chi connectivity index (χ3v) is 15.6. The van der Waals surface area contributed by atoms with Gasteiger partial charge in [-0.3, -0.25) is 4.79 Å². The number of rotatable bonds is 9. The van der Waals surface area contributed by atoms with Crippen molar-refractivity contribution in [2.75, 3.05) is 6.61 Å². The van der Waals surface area contributed by atoms with Gasteiger partial charge in [-0.2, -0.15) is 0 Å². The predicted octanol–water partition coefficient (Wildman–Crippen LogP) is 4.53. The molecule has 5 aromatic carbocycles. The van der Waals surface area contributed by atoms with Gasteiger partial charge >= 0.3 is 127 Å². The van der Waals surface area contributed by atoms with Gasteiger partial charge in [0.2, 0.25) is 0 Å². The molecular formula is C36H35NO3Sn. The van der Waals surface area contributed by atoms with Gasteiger partial charge in [0.1, 0.15) is 6.04 Å². The Morgan fingerprint density at radius 1 is 0.610 bits per heavy atom. The molecule has 206 valence electrons. The standard InChI is InChI=1S/C18H19NO3.3C6H5.Sn.H/c1-2-22-18(21)16(13-14-9-5-3-6-10-14)19-17(20)15-11-7-4-8-12-15;3*1-2-4-6-5-3-1;;/h3-12,16H,2,13H2,1H3,(H,19,20);3*1-5H;;. The zero-order chi connectivity index (χ0) is 28.7. The molecule has 0 bridgehead atoms. The van der Waals surface area contributed by atoms with E-state index in [2.05, 4.69) is 96.3 Å². The molecule has 41 heavy (non-hydrogen) atoms. The van der Waals surface area contributed by atoms with Crippen LogP contribution < -0.4 is 16.1 Å². The summed E-state index contributed by atoms with van der Waals surface area (Å²) in [6, 6.07) is 50.7. The van der Waals surface area contributed by atoms with Gasteiger partial charge in [-0.05, 0) is 24.6 Å². The van der Waals surface area contributed by atoms with Crippen LogP contribution in [0.1, 0.15) is 22.8 Å². The van der Waals surface area contributed by atoms with Crippen molar-refractivity contribution in [2.24, 2.45) is 0 Å². The van der Waals surface area contributed by atoms with Crippen molar-refractivity contribution >= 4 is 42.4 Å². The van der Waals surface area contributed by atoms with E-state index in [-0.39, 0.29) is 12.5 Å². The summed E-state index contributed by atoms with van der Waals surface area (Å²) < 4.78 is 9.69. The van der Waals surface area contributed by atoms with Crippen molar-refractivity contribution in [3.8, 4) is 0 Å². The minimum absolute atomic E-state index is 0.283. The number of ether oxygens (including phenoxy) is 1. The monoisotopic (exact) mass is 649 g/mol. The Morgan fingerprint density at radius 2 is 1.00 bits per heavy atom. The number of hydrogen-bond donors (Lipinski definition) is 1. The average Bonchev–Trinajstić information content (AvgIpc) is 3.04. The second-order valence-electron chi connectivity index (χ2n) is 9.50. The first kappa shape index (κ1) is 29.8. The van der Waals surface area contributed by atoms with Gasteiger partial charge in [-0.25, -0.2) is 4.79 Å². The molecule has 0 saturated heterocycles. The van der Waals surface area contributed by atoms with Gasteiger partial charge in [-0.15, -0.1) is 0 Å². The van der Waals surface area contributed by atoms with E-state index in [9.17, 15) is 9.59 Å². The summed E-state index contributed by atoms with van der Waals surface area (Å²) in [5.41, 5.74) is 1.48. The fourth-order valence-corrected chi connectivity index (χ4v) is 13.1. The summed E-state index contributed by atoms with van der Waals surface area (Å²) in [6.07, 6.45) is 0.401. The zero-order valence-corrected chi connectivity index (χ0v) is 26.5. The van der Waals surface area contributed by atoms with Crippen molar-refractivity contribution < 1.29 is 14.3 Å². The molecule has 4 nitrogen and oxygen atoms in total. The van der Waals surface area contributed by atoms with Crippen molar-refractivity contribution in [1.82, 2.24) is 5.32 Å². The van der Waals surface area contributed by atoms with Gasteiger partial charge in [0, 0.05) is 12.0 Å². The van der Waals surface area contributed by atoms with E-state index >= 15 is 0 Å². The molecule has 0 fully saturated rings. The second kappa shape index (κ2) is 16.2. The third kappa shape index (κ3) is 9.19. The van der Waals surface area contributed by atoms with Gasteiger partial charge in [-0.1, -0.05) is 48.5 Å². The maximum atomic E-state index is 12.2. The summed E-state index contributed by atoms with van der Waals surface area (Å²) >= 11 is -2.14. The zero-order valence-electron chi connectivity index (χ0n) is 23.2. The van der Waals surface area contributed by atoms with E-state index in [4.69, 9.17) is 4.74 Å². The molecule has 0 saturated carbocycles. The van der Waals surface area contributed by atoms with Gasteiger partial charge in [0.25, 0.3) is 5.91 Å². The Morgan fingerprint density at radius 3 is 1.41 bits per heavy atom. The average molecular weight is 648 g/mol. The van der Waals surface area contributed by atoms with E-state index < -0.39 is 31.8 Å². The minimum atomic E-state index is -2.14. The Labute approximate surface area is 249 Å². The van der Waals surface area contributed by atoms with Gasteiger partial charge in [0.05, 0.1) is 6.61 Å². The number of nitrogens with one attached hydrogen (secondary N) is 1. The molecule has 5 rings (SSSR count). The van der Waals surface area contributed by atoms with Crippen LogP contribution in [0, 0.1) is 0 Å². The number of hydrogen-bond acceptors (Lipinski definition) is 3. The van der Waals surface area contributed by atoms with Crippen molar-refractivity contribution in [3.63, 3.8) is 0 Å².